The third-order valence-corrected chi connectivity index (χ3v) is 6.63. The van der Waals surface area contributed by atoms with Crippen molar-refractivity contribution < 1.29 is 14.3 Å². The zero-order valence-corrected chi connectivity index (χ0v) is 20.6. The first-order valence-electron chi connectivity index (χ1n) is 12.1. The number of pyridine rings is 1. The number of fused-ring (bicyclic) bond motifs is 1. The SMILES string of the molecule is CCNC(=O)c1cnc(Nc2ccc3c(c2)CNCC3(C)C)nc1Nc1nc(C2(O)CC2)ccc1F. The third kappa shape index (κ3) is 4.74. The first-order chi connectivity index (χ1) is 17.2. The maximum atomic E-state index is 14.6. The van der Waals surface area contributed by atoms with Crippen molar-refractivity contribution in [2.24, 2.45) is 0 Å². The molecule has 2 aliphatic rings. The minimum absolute atomic E-state index is 0.0349. The summed E-state index contributed by atoms with van der Waals surface area (Å²) in [7, 11) is 0. The second-order valence-corrected chi connectivity index (χ2v) is 9.98. The van der Waals surface area contributed by atoms with Crippen molar-refractivity contribution >= 4 is 29.2 Å². The van der Waals surface area contributed by atoms with Crippen molar-refractivity contribution in [2.75, 3.05) is 23.7 Å². The summed E-state index contributed by atoms with van der Waals surface area (Å²) in [5.74, 6) is -0.796. The molecule has 10 heteroatoms. The van der Waals surface area contributed by atoms with Crippen LogP contribution in [0.4, 0.5) is 27.7 Å². The smallest absolute Gasteiger partial charge is 0.256 e. The Balaban J connectivity index is 1.46. The molecule has 1 saturated carbocycles. The number of nitrogens with one attached hydrogen (secondary N) is 4. The molecule has 1 aliphatic heterocycles. The highest BCUT2D eigenvalue weighted by atomic mass is 19.1. The molecule has 5 rings (SSSR count). The predicted octanol–water partition coefficient (Wildman–Crippen LogP) is 3.61. The van der Waals surface area contributed by atoms with Gasteiger partial charge in [0.15, 0.2) is 11.6 Å². The minimum Gasteiger partial charge on any atom is -0.384 e. The number of anilines is 4. The molecule has 0 saturated heterocycles. The standard InChI is InChI=1S/C26H30FN7O2/c1-4-29-23(35)17-13-30-24(31-16-5-6-18-15(11-16)12-28-14-25(18,2)3)34-21(17)33-22-19(27)7-8-20(32-22)26(36)9-10-26/h5-8,11,13,28,36H,4,9-10,12,14H2,1-3H3,(H,29,35)(H2,30,31,32,33,34). The van der Waals surface area contributed by atoms with Gasteiger partial charge in [0, 0.05) is 36.9 Å². The van der Waals surface area contributed by atoms with Crippen molar-refractivity contribution in [3.8, 4) is 0 Å². The number of amides is 1. The highest BCUT2D eigenvalue weighted by molar-refractivity contribution is 5.99. The van der Waals surface area contributed by atoms with Crippen LogP contribution in [0, 0.1) is 5.82 Å². The second-order valence-electron chi connectivity index (χ2n) is 9.98. The van der Waals surface area contributed by atoms with E-state index in [1.54, 1.807) is 6.92 Å². The van der Waals surface area contributed by atoms with E-state index in [2.05, 4.69) is 62.2 Å². The number of halogens is 1. The molecule has 1 fully saturated rings. The second kappa shape index (κ2) is 9.11. The van der Waals surface area contributed by atoms with Crippen LogP contribution in [0.1, 0.15) is 60.8 Å². The van der Waals surface area contributed by atoms with E-state index in [0.29, 0.717) is 25.1 Å². The number of rotatable bonds is 7. The molecular formula is C26H30FN7O2. The molecule has 3 heterocycles. The van der Waals surface area contributed by atoms with Crippen LogP contribution < -0.4 is 21.3 Å². The van der Waals surface area contributed by atoms with Gasteiger partial charge in [-0.3, -0.25) is 4.79 Å². The van der Waals surface area contributed by atoms with Gasteiger partial charge in [-0.2, -0.15) is 4.98 Å². The van der Waals surface area contributed by atoms with Crippen molar-refractivity contribution in [3.05, 3.63) is 64.7 Å². The highest BCUT2D eigenvalue weighted by Gasteiger charge is 2.44. The van der Waals surface area contributed by atoms with E-state index in [1.807, 2.05) is 6.07 Å². The summed E-state index contributed by atoms with van der Waals surface area (Å²) in [6.07, 6.45) is 2.54. The summed E-state index contributed by atoms with van der Waals surface area (Å²) in [5, 5.41) is 22.6. The first-order valence-corrected chi connectivity index (χ1v) is 12.1. The van der Waals surface area contributed by atoms with Gasteiger partial charge in [-0.15, -0.1) is 0 Å². The van der Waals surface area contributed by atoms with Crippen LogP contribution in [0.25, 0.3) is 0 Å². The van der Waals surface area contributed by atoms with Gasteiger partial charge < -0.3 is 26.4 Å². The Bertz CT molecular complexity index is 1320. The lowest BCUT2D eigenvalue weighted by atomic mass is 9.79. The topological polar surface area (TPSA) is 124 Å². The molecule has 188 valence electrons. The first kappa shape index (κ1) is 24.1. The van der Waals surface area contributed by atoms with Gasteiger partial charge in [-0.05, 0) is 55.2 Å². The normalized spacial score (nSPS) is 17.1. The molecule has 0 radical (unpaired) electrons. The van der Waals surface area contributed by atoms with Gasteiger partial charge in [0.05, 0.1) is 5.69 Å². The number of aliphatic hydroxyl groups is 1. The molecule has 1 aromatic carbocycles. The van der Waals surface area contributed by atoms with Crippen molar-refractivity contribution in [1.82, 2.24) is 25.6 Å². The Labute approximate surface area is 209 Å². The lowest BCUT2D eigenvalue weighted by molar-refractivity contribution is 0.0956. The van der Waals surface area contributed by atoms with Crippen LogP contribution in [0.2, 0.25) is 0 Å². The largest absolute Gasteiger partial charge is 0.384 e. The van der Waals surface area contributed by atoms with Gasteiger partial charge in [0.2, 0.25) is 5.95 Å². The third-order valence-electron chi connectivity index (χ3n) is 6.63. The summed E-state index contributed by atoms with van der Waals surface area (Å²) in [6, 6.07) is 8.85. The maximum Gasteiger partial charge on any atom is 0.256 e. The fourth-order valence-electron chi connectivity index (χ4n) is 4.45. The quantitative estimate of drug-likeness (QED) is 0.340. The van der Waals surface area contributed by atoms with Crippen LogP contribution >= 0.6 is 0 Å². The summed E-state index contributed by atoms with van der Waals surface area (Å²) >= 11 is 0. The fourth-order valence-corrected chi connectivity index (χ4v) is 4.45. The number of nitrogens with zero attached hydrogens (tertiary/aromatic N) is 3. The van der Waals surface area contributed by atoms with E-state index >= 15 is 0 Å². The Hall–Kier alpha value is -3.63. The molecule has 1 amide bonds. The molecule has 1 aliphatic carbocycles. The average Bonchev–Trinajstić information content (AvgIpc) is 3.59. The van der Waals surface area contributed by atoms with Crippen LogP contribution in [0.5, 0.6) is 0 Å². The Morgan fingerprint density at radius 3 is 2.69 bits per heavy atom. The zero-order valence-electron chi connectivity index (χ0n) is 20.6. The predicted molar refractivity (Wildman–Crippen MR) is 135 cm³/mol. The number of hydrogen-bond donors (Lipinski definition) is 5. The van der Waals surface area contributed by atoms with Crippen LogP contribution in [0.3, 0.4) is 0 Å². The van der Waals surface area contributed by atoms with E-state index in [9.17, 15) is 14.3 Å². The van der Waals surface area contributed by atoms with Crippen molar-refractivity contribution in [2.45, 2.75) is 51.2 Å². The number of aromatic nitrogens is 3. The van der Waals surface area contributed by atoms with E-state index in [4.69, 9.17) is 0 Å². The van der Waals surface area contributed by atoms with Gasteiger partial charge in [-0.1, -0.05) is 19.9 Å². The van der Waals surface area contributed by atoms with Gasteiger partial charge in [-0.25, -0.2) is 14.4 Å². The molecule has 0 spiro atoms. The number of benzene rings is 1. The average molecular weight is 492 g/mol. The van der Waals surface area contributed by atoms with Gasteiger partial charge >= 0.3 is 0 Å². The van der Waals surface area contributed by atoms with E-state index in [1.165, 1.54) is 29.5 Å². The van der Waals surface area contributed by atoms with Crippen molar-refractivity contribution in [1.29, 1.82) is 0 Å². The Morgan fingerprint density at radius 2 is 1.94 bits per heavy atom. The van der Waals surface area contributed by atoms with Crippen LogP contribution in [-0.4, -0.2) is 39.1 Å². The molecule has 9 nitrogen and oxygen atoms in total. The van der Waals surface area contributed by atoms with Crippen LogP contribution in [0.15, 0.2) is 36.5 Å². The molecule has 5 N–H and O–H groups in total. The number of hydrogen-bond acceptors (Lipinski definition) is 8. The zero-order chi connectivity index (χ0) is 25.5. The van der Waals surface area contributed by atoms with Gasteiger partial charge in [0.1, 0.15) is 17.0 Å². The van der Waals surface area contributed by atoms with Crippen molar-refractivity contribution in [3.63, 3.8) is 0 Å². The number of carbonyl (C=O) groups is 1. The van der Waals surface area contributed by atoms with Crippen LogP contribution in [-0.2, 0) is 17.6 Å². The fraction of sp³-hybridized carbons (Fsp3) is 0.385. The molecule has 0 bridgehead atoms. The molecule has 2 aromatic heterocycles. The monoisotopic (exact) mass is 491 g/mol. The van der Waals surface area contributed by atoms with E-state index < -0.39 is 17.3 Å². The Morgan fingerprint density at radius 1 is 1.14 bits per heavy atom. The highest BCUT2D eigenvalue weighted by Crippen LogP contribution is 2.44. The summed E-state index contributed by atoms with van der Waals surface area (Å²) < 4.78 is 14.6. The Kier molecular flexibility index (Phi) is 6.09. The lowest BCUT2D eigenvalue weighted by Crippen LogP contribution is -2.38. The van der Waals surface area contributed by atoms with E-state index in [-0.39, 0.29) is 28.6 Å². The molecular weight excluding hydrogens is 461 g/mol. The maximum absolute atomic E-state index is 14.6. The molecule has 36 heavy (non-hydrogen) atoms. The molecule has 0 atom stereocenters. The minimum atomic E-state index is -1.03. The summed E-state index contributed by atoms with van der Waals surface area (Å²) in [6.45, 7) is 8.30. The molecule has 3 aromatic rings. The lowest BCUT2D eigenvalue weighted by Gasteiger charge is -2.33. The summed E-state index contributed by atoms with van der Waals surface area (Å²) in [5.41, 5.74) is 2.82. The summed E-state index contributed by atoms with van der Waals surface area (Å²) in [4.78, 5) is 25.7. The van der Waals surface area contributed by atoms with Gasteiger partial charge in [0.25, 0.3) is 5.91 Å². The number of carbonyl (C=O) groups excluding carboxylic acids is 1. The molecule has 0 unspecified atom stereocenters. The van der Waals surface area contributed by atoms with E-state index in [0.717, 1.165) is 18.8 Å².